The average Bonchev–Trinajstić information content (AvgIpc) is 3.02. The van der Waals surface area contributed by atoms with Crippen LogP contribution in [-0.4, -0.2) is 34.8 Å². The Morgan fingerprint density at radius 3 is 3.00 bits per heavy atom. The summed E-state index contributed by atoms with van der Waals surface area (Å²) < 4.78 is 5.11. The van der Waals surface area contributed by atoms with Crippen LogP contribution in [0, 0.1) is 0 Å². The second kappa shape index (κ2) is 7.01. The van der Waals surface area contributed by atoms with Crippen LogP contribution in [0.15, 0.2) is 22.4 Å². The molecule has 0 unspecified atom stereocenters. The number of nitrogens with zero attached hydrogens (tertiary/aromatic N) is 1. The fourth-order valence-electron chi connectivity index (χ4n) is 1.68. The molecular weight excluding hydrogens is 314 g/mol. The van der Waals surface area contributed by atoms with Gasteiger partial charge in [0.05, 0.1) is 12.0 Å². The molecule has 7 heteroatoms. The van der Waals surface area contributed by atoms with Crippen molar-refractivity contribution in [3.05, 3.63) is 27.3 Å². The summed E-state index contributed by atoms with van der Waals surface area (Å²) in [5.41, 5.74) is 0. The van der Waals surface area contributed by atoms with Crippen LogP contribution in [0.1, 0.15) is 17.7 Å². The molecule has 1 aliphatic rings. The Morgan fingerprint density at radius 2 is 2.35 bits per heavy atom. The minimum absolute atomic E-state index is 0.0849. The summed E-state index contributed by atoms with van der Waals surface area (Å²) in [4.78, 5) is 26.5. The predicted molar refractivity (Wildman–Crippen MR) is 85.4 cm³/mol. The summed E-state index contributed by atoms with van der Waals surface area (Å²) in [6, 6.07) is 3.89. The molecular formula is C13H13NO3S3. The molecule has 0 radical (unpaired) electrons. The third-order valence-electron chi connectivity index (χ3n) is 2.68. The standard InChI is InChI=1S/C13H13NO3S3/c1-17-11(15)5-2-6-14-12(16)10(20-13(14)18)8-9-4-3-7-19-9/h3-4,7-8H,2,5-6H2,1H3/b10-8-. The van der Waals surface area contributed by atoms with E-state index in [1.165, 1.54) is 18.9 Å². The Morgan fingerprint density at radius 1 is 1.55 bits per heavy atom. The van der Waals surface area contributed by atoms with E-state index in [4.69, 9.17) is 12.2 Å². The molecule has 1 aromatic heterocycles. The molecule has 0 atom stereocenters. The molecule has 0 aromatic carbocycles. The van der Waals surface area contributed by atoms with E-state index in [0.29, 0.717) is 22.2 Å². The number of thioether (sulfide) groups is 1. The smallest absolute Gasteiger partial charge is 0.305 e. The molecule has 2 rings (SSSR count). The molecule has 4 nitrogen and oxygen atoms in total. The Balaban J connectivity index is 1.97. The molecule has 0 saturated carbocycles. The van der Waals surface area contributed by atoms with Crippen molar-refractivity contribution in [2.75, 3.05) is 13.7 Å². The number of thiocarbonyl (C=S) groups is 1. The first-order valence-electron chi connectivity index (χ1n) is 5.97. The van der Waals surface area contributed by atoms with Crippen LogP contribution in [0.5, 0.6) is 0 Å². The first-order valence-corrected chi connectivity index (χ1v) is 8.08. The molecule has 0 aliphatic carbocycles. The zero-order chi connectivity index (χ0) is 14.5. The lowest BCUT2D eigenvalue weighted by Crippen LogP contribution is -2.29. The molecule has 20 heavy (non-hydrogen) atoms. The number of esters is 1. The van der Waals surface area contributed by atoms with Crippen LogP contribution in [0.2, 0.25) is 0 Å². The highest BCUT2D eigenvalue weighted by atomic mass is 32.2. The largest absolute Gasteiger partial charge is 0.469 e. The van der Waals surface area contributed by atoms with Crippen molar-refractivity contribution in [3.63, 3.8) is 0 Å². The highest BCUT2D eigenvalue weighted by molar-refractivity contribution is 8.26. The Labute approximate surface area is 130 Å². The molecule has 1 fully saturated rings. The van der Waals surface area contributed by atoms with E-state index >= 15 is 0 Å². The van der Waals surface area contributed by atoms with Gasteiger partial charge in [0.15, 0.2) is 0 Å². The zero-order valence-electron chi connectivity index (χ0n) is 10.8. The van der Waals surface area contributed by atoms with Gasteiger partial charge in [0.2, 0.25) is 0 Å². The summed E-state index contributed by atoms with van der Waals surface area (Å²) >= 11 is 8.09. The normalized spacial score (nSPS) is 17.1. The van der Waals surface area contributed by atoms with Crippen LogP contribution >= 0.6 is 35.3 Å². The minimum Gasteiger partial charge on any atom is -0.469 e. The number of hydrogen-bond acceptors (Lipinski definition) is 6. The van der Waals surface area contributed by atoms with Crippen molar-refractivity contribution in [1.82, 2.24) is 4.90 Å². The molecule has 1 aliphatic heterocycles. The molecule has 2 heterocycles. The van der Waals surface area contributed by atoms with Gasteiger partial charge in [-0.25, -0.2) is 0 Å². The van der Waals surface area contributed by atoms with Crippen molar-refractivity contribution >= 4 is 57.6 Å². The second-order valence-electron chi connectivity index (χ2n) is 4.03. The van der Waals surface area contributed by atoms with Gasteiger partial charge in [-0.05, 0) is 23.9 Å². The first-order chi connectivity index (χ1) is 9.61. The van der Waals surface area contributed by atoms with E-state index in [2.05, 4.69) is 4.74 Å². The number of rotatable bonds is 5. The van der Waals surface area contributed by atoms with Gasteiger partial charge in [0.1, 0.15) is 4.32 Å². The van der Waals surface area contributed by atoms with Crippen LogP contribution < -0.4 is 0 Å². The van der Waals surface area contributed by atoms with Gasteiger partial charge >= 0.3 is 5.97 Å². The van der Waals surface area contributed by atoms with Crippen molar-refractivity contribution in [1.29, 1.82) is 0 Å². The number of hydrogen-bond donors (Lipinski definition) is 0. The van der Waals surface area contributed by atoms with Crippen LogP contribution in [0.3, 0.4) is 0 Å². The quantitative estimate of drug-likeness (QED) is 0.473. The number of thiophene rings is 1. The SMILES string of the molecule is COC(=O)CCCN1C(=O)/C(=C/c2cccs2)SC1=S. The first kappa shape index (κ1) is 15.2. The van der Waals surface area contributed by atoms with Gasteiger partial charge < -0.3 is 4.74 Å². The lowest BCUT2D eigenvalue weighted by Gasteiger charge is -2.13. The van der Waals surface area contributed by atoms with Gasteiger partial charge in [-0.15, -0.1) is 11.3 Å². The number of carbonyl (C=O) groups excluding carboxylic acids is 2. The summed E-state index contributed by atoms with van der Waals surface area (Å²) in [6.45, 7) is 0.446. The van der Waals surface area contributed by atoms with Gasteiger partial charge in [-0.2, -0.15) is 0 Å². The van der Waals surface area contributed by atoms with E-state index in [0.717, 1.165) is 4.88 Å². The zero-order valence-corrected chi connectivity index (χ0v) is 13.3. The van der Waals surface area contributed by atoms with Crippen molar-refractivity contribution in [2.24, 2.45) is 0 Å². The van der Waals surface area contributed by atoms with Gasteiger partial charge in [-0.3, -0.25) is 14.5 Å². The maximum absolute atomic E-state index is 12.2. The molecule has 0 N–H and O–H groups in total. The monoisotopic (exact) mass is 327 g/mol. The Kier molecular flexibility index (Phi) is 5.33. The van der Waals surface area contributed by atoms with Crippen molar-refractivity contribution < 1.29 is 14.3 Å². The topological polar surface area (TPSA) is 46.6 Å². The Bertz CT molecular complexity index is 551. The average molecular weight is 327 g/mol. The molecule has 0 spiro atoms. The van der Waals surface area contributed by atoms with Gasteiger partial charge in [0, 0.05) is 17.8 Å². The predicted octanol–water partition coefficient (Wildman–Crippen LogP) is 2.90. The lowest BCUT2D eigenvalue weighted by molar-refractivity contribution is -0.141. The van der Waals surface area contributed by atoms with E-state index < -0.39 is 0 Å². The summed E-state index contributed by atoms with van der Waals surface area (Å²) in [6.07, 6.45) is 2.69. The number of amides is 1. The highest BCUT2D eigenvalue weighted by Gasteiger charge is 2.31. The van der Waals surface area contributed by atoms with Gasteiger partial charge in [-0.1, -0.05) is 30.0 Å². The second-order valence-corrected chi connectivity index (χ2v) is 6.68. The third kappa shape index (κ3) is 3.68. The summed E-state index contributed by atoms with van der Waals surface area (Å²) in [7, 11) is 1.35. The molecule has 1 saturated heterocycles. The molecule has 1 aromatic rings. The highest BCUT2D eigenvalue weighted by Crippen LogP contribution is 2.33. The number of ether oxygens (including phenoxy) is 1. The van der Waals surface area contributed by atoms with Gasteiger partial charge in [0.25, 0.3) is 5.91 Å². The van der Waals surface area contributed by atoms with Crippen molar-refractivity contribution in [3.8, 4) is 0 Å². The van der Waals surface area contributed by atoms with E-state index in [1.807, 2.05) is 23.6 Å². The van der Waals surface area contributed by atoms with Crippen LogP contribution in [-0.2, 0) is 14.3 Å². The number of carbonyl (C=O) groups is 2. The number of methoxy groups -OCH3 is 1. The molecule has 1 amide bonds. The minimum atomic E-state index is -0.274. The third-order valence-corrected chi connectivity index (χ3v) is 4.88. The van der Waals surface area contributed by atoms with E-state index in [1.54, 1.807) is 16.2 Å². The summed E-state index contributed by atoms with van der Waals surface area (Å²) in [5, 5.41) is 1.96. The molecule has 106 valence electrons. The van der Waals surface area contributed by atoms with Crippen molar-refractivity contribution in [2.45, 2.75) is 12.8 Å². The lowest BCUT2D eigenvalue weighted by atomic mass is 10.3. The summed E-state index contributed by atoms with van der Waals surface area (Å²) in [5.74, 6) is -0.358. The van der Waals surface area contributed by atoms with E-state index in [-0.39, 0.29) is 18.3 Å². The maximum Gasteiger partial charge on any atom is 0.305 e. The molecule has 0 bridgehead atoms. The Hall–Kier alpha value is -1.18. The van der Waals surface area contributed by atoms with E-state index in [9.17, 15) is 9.59 Å². The van der Waals surface area contributed by atoms with Crippen LogP contribution in [0.25, 0.3) is 6.08 Å². The maximum atomic E-state index is 12.2. The fraction of sp³-hybridized carbons (Fsp3) is 0.308. The fourth-order valence-corrected chi connectivity index (χ4v) is 3.71. The van der Waals surface area contributed by atoms with Crippen LogP contribution in [0.4, 0.5) is 0 Å².